The maximum Gasteiger partial charge on any atom is 0.270 e. The van der Waals surface area contributed by atoms with Gasteiger partial charge in [-0.15, -0.1) is 0 Å². The van der Waals surface area contributed by atoms with E-state index in [0.29, 0.717) is 12.3 Å². The summed E-state index contributed by atoms with van der Waals surface area (Å²) < 4.78 is 5.26. The van der Waals surface area contributed by atoms with Gasteiger partial charge in [-0.05, 0) is 37.1 Å². The van der Waals surface area contributed by atoms with Crippen molar-refractivity contribution in [1.29, 1.82) is 0 Å². The van der Waals surface area contributed by atoms with Crippen LogP contribution in [0.5, 0.6) is 5.75 Å². The average Bonchev–Trinajstić information content (AvgIpc) is 2.48. The second-order valence-electron chi connectivity index (χ2n) is 4.85. The highest BCUT2D eigenvalue weighted by molar-refractivity contribution is 5.55. The van der Waals surface area contributed by atoms with Crippen LogP contribution < -0.4 is 10.1 Å². The van der Waals surface area contributed by atoms with Crippen molar-refractivity contribution in [2.75, 3.05) is 12.4 Å². The molecule has 0 aliphatic heterocycles. The Hall–Kier alpha value is -2.56. The van der Waals surface area contributed by atoms with Crippen LogP contribution in [0.25, 0.3) is 0 Å². The molecule has 5 nitrogen and oxygen atoms in total. The zero-order valence-corrected chi connectivity index (χ0v) is 12.3. The fourth-order valence-corrected chi connectivity index (χ4v) is 2.15. The highest BCUT2D eigenvalue weighted by atomic mass is 16.6. The molecule has 0 spiro atoms. The normalized spacial score (nSPS) is 10.2. The molecule has 0 bridgehead atoms. The van der Waals surface area contributed by atoms with E-state index in [1.54, 1.807) is 13.2 Å². The highest BCUT2D eigenvalue weighted by Crippen LogP contribution is 2.26. The van der Waals surface area contributed by atoms with Crippen LogP contribution in [0.3, 0.4) is 0 Å². The van der Waals surface area contributed by atoms with Gasteiger partial charge in [0.2, 0.25) is 0 Å². The number of aryl methyl sites for hydroxylation is 1. The second-order valence-corrected chi connectivity index (χ2v) is 4.85. The molecule has 0 fully saturated rings. The molecule has 0 aromatic heterocycles. The number of hydrogen-bond acceptors (Lipinski definition) is 4. The molecule has 2 aromatic carbocycles. The molecule has 0 amide bonds. The van der Waals surface area contributed by atoms with Gasteiger partial charge in [-0.3, -0.25) is 10.1 Å². The SMILES string of the molecule is COc1ccc([N+](=O)[O-])cc1CNc1cccc(C)c1C. The summed E-state index contributed by atoms with van der Waals surface area (Å²) in [5.41, 5.74) is 4.21. The molecule has 0 atom stereocenters. The largest absolute Gasteiger partial charge is 0.496 e. The van der Waals surface area contributed by atoms with Crippen molar-refractivity contribution < 1.29 is 9.66 Å². The first-order valence-electron chi connectivity index (χ1n) is 6.64. The molecule has 0 radical (unpaired) electrons. The third-order valence-corrected chi connectivity index (χ3v) is 3.55. The number of nitro groups is 1. The number of methoxy groups -OCH3 is 1. The summed E-state index contributed by atoms with van der Waals surface area (Å²) in [7, 11) is 1.56. The molecule has 21 heavy (non-hydrogen) atoms. The van der Waals surface area contributed by atoms with Crippen molar-refractivity contribution >= 4 is 11.4 Å². The van der Waals surface area contributed by atoms with Crippen LogP contribution in [0.2, 0.25) is 0 Å². The molecule has 2 rings (SSSR count). The molecular formula is C16H18N2O3. The van der Waals surface area contributed by atoms with E-state index in [1.807, 2.05) is 19.1 Å². The summed E-state index contributed by atoms with van der Waals surface area (Å²) in [4.78, 5) is 10.5. The number of rotatable bonds is 5. The van der Waals surface area contributed by atoms with E-state index >= 15 is 0 Å². The van der Waals surface area contributed by atoms with E-state index in [1.165, 1.54) is 23.3 Å². The van der Waals surface area contributed by atoms with Gasteiger partial charge in [0.05, 0.1) is 12.0 Å². The number of nitrogens with zero attached hydrogens (tertiary/aromatic N) is 1. The monoisotopic (exact) mass is 286 g/mol. The van der Waals surface area contributed by atoms with E-state index in [4.69, 9.17) is 4.74 Å². The quantitative estimate of drug-likeness (QED) is 0.670. The lowest BCUT2D eigenvalue weighted by Gasteiger charge is -2.13. The third-order valence-electron chi connectivity index (χ3n) is 3.55. The van der Waals surface area contributed by atoms with E-state index in [-0.39, 0.29) is 5.69 Å². The van der Waals surface area contributed by atoms with Crippen molar-refractivity contribution in [2.45, 2.75) is 20.4 Å². The molecule has 0 unspecified atom stereocenters. The Morgan fingerprint density at radius 3 is 2.67 bits per heavy atom. The molecule has 0 aliphatic rings. The van der Waals surface area contributed by atoms with Gasteiger partial charge in [0.15, 0.2) is 0 Å². The summed E-state index contributed by atoms with van der Waals surface area (Å²) in [5.74, 6) is 0.637. The Morgan fingerprint density at radius 2 is 2.00 bits per heavy atom. The zero-order valence-electron chi connectivity index (χ0n) is 12.3. The summed E-state index contributed by atoms with van der Waals surface area (Å²) >= 11 is 0. The number of benzene rings is 2. The lowest BCUT2D eigenvalue weighted by atomic mass is 10.1. The Kier molecular flexibility index (Phi) is 4.42. The lowest BCUT2D eigenvalue weighted by Crippen LogP contribution is -2.04. The average molecular weight is 286 g/mol. The Labute approximate surface area is 123 Å². The van der Waals surface area contributed by atoms with Crippen molar-refractivity contribution in [3.63, 3.8) is 0 Å². The number of non-ortho nitro benzene ring substituents is 1. The minimum Gasteiger partial charge on any atom is -0.496 e. The Morgan fingerprint density at radius 1 is 1.24 bits per heavy atom. The first-order chi connectivity index (χ1) is 10.0. The van der Waals surface area contributed by atoms with Gasteiger partial charge < -0.3 is 10.1 Å². The van der Waals surface area contributed by atoms with Gasteiger partial charge in [-0.1, -0.05) is 12.1 Å². The van der Waals surface area contributed by atoms with Gasteiger partial charge >= 0.3 is 0 Å². The molecule has 0 saturated carbocycles. The molecule has 5 heteroatoms. The molecule has 0 heterocycles. The predicted octanol–water partition coefficient (Wildman–Crippen LogP) is 3.83. The fraction of sp³-hybridized carbons (Fsp3) is 0.250. The third kappa shape index (κ3) is 3.31. The summed E-state index contributed by atoms with van der Waals surface area (Å²) in [5, 5.41) is 14.2. The number of nitro benzene ring substituents is 1. The van der Waals surface area contributed by atoms with Crippen molar-refractivity contribution in [3.8, 4) is 5.75 Å². The minimum absolute atomic E-state index is 0.0635. The van der Waals surface area contributed by atoms with Crippen LogP contribution in [-0.4, -0.2) is 12.0 Å². The van der Waals surface area contributed by atoms with Gasteiger partial charge in [0.25, 0.3) is 5.69 Å². The molecular weight excluding hydrogens is 268 g/mol. The first-order valence-corrected chi connectivity index (χ1v) is 6.64. The smallest absolute Gasteiger partial charge is 0.270 e. The number of ether oxygens (including phenoxy) is 1. The number of hydrogen-bond donors (Lipinski definition) is 1. The summed E-state index contributed by atoms with van der Waals surface area (Å²) in [6.45, 7) is 4.56. The Balaban J connectivity index is 2.24. The van der Waals surface area contributed by atoms with Crippen LogP contribution in [-0.2, 0) is 6.54 Å². The van der Waals surface area contributed by atoms with Gasteiger partial charge in [0, 0.05) is 29.9 Å². The lowest BCUT2D eigenvalue weighted by molar-refractivity contribution is -0.384. The standard InChI is InChI=1S/C16H18N2O3/c1-11-5-4-6-15(12(11)2)17-10-13-9-14(18(19)20)7-8-16(13)21-3/h4-9,17H,10H2,1-3H3. The van der Waals surface area contributed by atoms with Crippen LogP contribution in [0.15, 0.2) is 36.4 Å². The molecule has 0 saturated heterocycles. The summed E-state index contributed by atoms with van der Waals surface area (Å²) in [6, 6.07) is 10.6. The van der Waals surface area contributed by atoms with E-state index in [2.05, 4.69) is 18.3 Å². The highest BCUT2D eigenvalue weighted by Gasteiger charge is 2.11. The number of nitrogens with one attached hydrogen (secondary N) is 1. The second kappa shape index (κ2) is 6.26. The van der Waals surface area contributed by atoms with Crippen LogP contribution in [0.1, 0.15) is 16.7 Å². The van der Waals surface area contributed by atoms with Crippen molar-refractivity contribution in [2.24, 2.45) is 0 Å². The van der Waals surface area contributed by atoms with Crippen LogP contribution in [0, 0.1) is 24.0 Å². The molecule has 1 N–H and O–H groups in total. The van der Waals surface area contributed by atoms with Gasteiger partial charge in [-0.25, -0.2) is 0 Å². The van der Waals surface area contributed by atoms with Gasteiger partial charge in [0.1, 0.15) is 5.75 Å². The number of anilines is 1. The summed E-state index contributed by atoms with van der Waals surface area (Å²) in [6.07, 6.45) is 0. The molecule has 110 valence electrons. The van der Waals surface area contributed by atoms with E-state index in [9.17, 15) is 10.1 Å². The maximum absolute atomic E-state index is 10.9. The fourth-order valence-electron chi connectivity index (χ4n) is 2.15. The Bertz CT molecular complexity index is 669. The van der Waals surface area contributed by atoms with Crippen molar-refractivity contribution in [3.05, 3.63) is 63.2 Å². The van der Waals surface area contributed by atoms with Gasteiger partial charge in [-0.2, -0.15) is 0 Å². The minimum atomic E-state index is -0.402. The van der Waals surface area contributed by atoms with Crippen LogP contribution in [0.4, 0.5) is 11.4 Å². The van der Waals surface area contributed by atoms with E-state index < -0.39 is 4.92 Å². The van der Waals surface area contributed by atoms with Crippen LogP contribution >= 0.6 is 0 Å². The maximum atomic E-state index is 10.9. The first kappa shape index (κ1) is 14.8. The molecule has 0 aliphatic carbocycles. The predicted molar refractivity (Wildman–Crippen MR) is 82.9 cm³/mol. The van der Waals surface area contributed by atoms with E-state index in [0.717, 1.165) is 11.3 Å². The van der Waals surface area contributed by atoms with Crippen molar-refractivity contribution in [1.82, 2.24) is 0 Å². The zero-order chi connectivity index (χ0) is 15.4. The topological polar surface area (TPSA) is 64.4 Å². The molecule has 2 aromatic rings.